The Bertz CT molecular complexity index is 802. The molecule has 2 aromatic rings. The summed E-state index contributed by atoms with van der Waals surface area (Å²) in [6.07, 6.45) is 3.28. The molecule has 0 spiro atoms. The molecule has 2 aromatic carbocycles. The zero-order valence-electron chi connectivity index (χ0n) is 15.9. The number of aliphatic carboxylic acids is 1. The van der Waals surface area contributed by atoms with Gasteiger partial charge in [-0.3, -0.25) is 0 Å². The molecule has 0 aromatic heterocycles. The molecule has 8 heteroatoms. The van der Waals surface area contributed by atoms with Gasteiger partial charge in [-0.15, -0.1) is 12.4 Å². The van der Waals surface area contributed by atoms with Crippen LogP contribution in [0.5, 0.6) is 5.75 Å². The zero-order chi connectivity index (χ0) is 19.2. The summed E-state index contributed by atoms with van der Waals surface area (Å²) in [5, 5.41) is 23.3. The van der Waals surface area contributed by atoms with E-state index in [4.69, 9.17) is 21.4 Å². The van der Waals surface area contributed by atoms with E-state index in [0.29, 0.717) is 17.3 Å². The van der Waals surface area contributed by atoms with Crippen LogP contribution in [0.4, 0.5) is 0 Å². The van der Waals surface area contributed by atoms with Crippen molar-refractivity contribution in [2.75, 3.05) is 13.2 Å². The summed E-state index contributed by atoms with van der Waals surface area (Å²) in [5.74, 6) is -0.407. The molecule has 1 aliphatic carbocycles. The van der Waals surface area contributed by atoms with Crippen LogP contribution >= 0.6 is 24.0 Å². The molecule has 0 heterocycles. The van der Waals surface area contributed by atoms with E-state index in [2.05, 4.69) is 5.32 Å². The zero-order valence-corrected chi connectivity index (χ0v) is 17.5. The quantitative estimate of drug-likeness (QED) is 0.569. The summed E-state index contributed by atoms with van der Waals surface area (Å²) in [5.41, 5.74) is 3.25. The Morgan fingerprint density at radius 2 is 2.03 bits per heavy atom. The summed E-state index contributed by atoms with van der Waals surface area (Å²) >= 11 is 6.00. The van der Waals surface area contributed by atoms with Gasteiger partial charge < -0.3 is 25.7 Å². The lowest BCUT2D eigenvalue weighted by atomic mass is 10.0. The van der Waals surface area contributed by atoms with Crippen LogP contribution < -0.4 is 10.1 Å². The second kappa shape index (κ2) is 12.0. The fraction of sp³-hybridized carbons (Fsp3) is 0.381. The Morgan fingerprint density at radius 3 is 2.76 bits per heavy atom. The fourth-order valence-corrected chi connectivity index (χ4v) is 3.66. The maximum atomic E-state index is 10.7. The number of aliphatic hydroxyl groups is 1. The number of carbonyl (C=O) groups is 1. The Morgan fingerprint density at radius 1 is 1.24 bits per heavy atom. The molecule has 0 fully saturated rings. The molecule has 160 valence electrons. The van der Waals surface area contributed by atoms with Crippen molar-refractivity contribution < 1.29 is 25.2 Å². The summed E-state index contributed by atoms with van der Waals surface area (Å²) < 4.78 is 5.30. The van der Waals surface area contributed by atoms with Gasteiger partial charge in [0.25, 0.3) is 0 Å². The lowest BCUT2D eigenvalue weighted by molar-refractivity contribution is -0.139. The van der Waals surface area contributed by atoms with E-state index in [9.17, 15) is 9.90 Å². The van der Waals surface area contributed by atoms with Gasteiger partial charge in [0.05, 0.1) is 6.10 Å². The van der Waals surface area contributed by atoms with E-state index in [1.54, 1.807) is 12.1 Å². The normalized spacial score (nSPS) is 16.4. The van der Waals surface area contributed by atoms with E-state index in [-0.39, 0.29) is 30.5 Å². The van der Waals surface area contributed by atoms with Crippen molar-refractivity contribution in [3.05, 3.63) is 64.2 Å². The smallest absolute Gasteiger partial charge is 0.341 e. The van der Waals surface area contributed by atoms with Crippen LogP contribution in [-0.2, 0) is 17.6 Å². The number of aryl methyl sites for hydroxylation is 1. The summed E-state index contributed by atoms with van der Waals surface area (Å²) in [6, 6.07) is 13.3. The number of hydrogen-bond acceptors (Lipinski definition) is 4. The number of nitrogens with one attached hydrogen (secondary N) is 1. The molecule has 0 saturated carbocycles. The van der Waals surface area contributed by atoms with Crippen LogP contribution in [0.1, 0.15) is 35.6 Å². The Kier molecular flexibility index (Phi) is 10.4. The SMILES string of the molecule is Cl.O.O=C(O)COc1ccc2c(c1)C[C@@H](NC[C@H](O)c1cccc(Cl)c1)CCC2. The lowest BCUT2D eigenvalue weighted by Crippen LogP contribution is -2.34. The highest BCUT2D eigenvalue weighted by molar-refractivity contribution is 6.30. The predicted octanol–water partition coefficient (Wildman–Crippen LogP) is 2.97. The Balaban J connectivity index is 0.00000210. The second-order valence-electron chi connectivity index (χ2n) is 6.89. The summed E-state index contributed by atoms with van der Waals surface area (Å²) in [4.78, 5) is 10.7. The van der Waals surface area contributed by atoms with Gasteiger partial charge in [-0.1, -0.05) is 29.8 Å². The molecule has 0 bridgehead atoms. The summed E-state index contributed by atoms with van der Waals surface area (Å²) in [6.45, 7) is 0.113. The molecule has 0 aliphatic heterocycles. The number of fused-ring (bicyclic) bond motifs is 1. The van der Waals surface area contributed by atoms with Crippen LogP contribution in [0.25, 0.3) is 0 Å². The average molecular weight is 444 g/mol. The molecule has 0 radical (unpaired) electrons. The predicted molar refractivity (Wildman–Crippen MR) is 115 cm³/mol. The van der Waals surface area contributed by atoms with Gasteiger partial charge >= 0.3 is 5.97 Å². The van der Waals surface area contributed by atoms with E-state index >= 15 is 0 Å². The van der Waals surface area contributed by atoms with Gasteiger partial charge in [-0.2, -0.15) is 0 Å². The number of hydrogen-bond donors (Lipinski definition) is 3. The first-order valence-electron chi connectivity index (χ1n) is 9.14. The van der Waals surface area contributed by atoms with Gasteiger partial charge in [0.2, 0.25) is 0 Å². The van der Waals surface area contributed by atoms with Crippen LogP contribution in [0.15, 0.2) is 42.5 Å². The Labute approximate surface area is 181 Å². The Hall–Kier alpha value is -1.83. The third-order valence-corrected chi connectivity index (χ3v) is 5.07. The number of ether oxygens (including phenoxy) is 1. The summed E-state index contributed by atoms with van der Waals surface area (Å²) in [7, 11) is 0. The molecule has 0 amide bonds. The molecule has 3 rings (SSSR count). The molecular weight excluding hydrogens is 417 g/mol. The number of rotatable bonds is 7. The second-order valence-corrected chi connectivity index (χ2v) is 7.32. The van der Waals surface area contributed by atoms with Gasteiger partial charge in [0.1, 0.15) is 5.75 Å². The van der Waals surface area contributed by atoms with Gasteiger partial charge in [-0.05, 0) is 66.6 Å². The molecule has 5 N–H and O–H groups in total. The maximum absolute atomic E-state index is 10.7. The van der Waals surface area contributed by atoms with E-state index in [0.717, 1.165) is 31.2 Å². The fourth-order valence-electron chi connectivity index (χ4n) is 3.46. The van der Waals surface area contributed by atoms with Gasteiger partial charge in [-0.25, -0.2) is 4.79 Å². The van der Waals surface area contributed by atoms with Gasteiger partial charge in [0.15, 0.2) is 6.61 Å². The first-order chi connectivity index (χ1) is 13.0. The largest absolute Gasteiger partial charge is 0.482 e. The maximum Gasteiger partial charge on any atom is 0.341 e. The van der Waals surface area contributed by atoms with E-state index < -0.39 is 12.1 Å². The highest BCUT2D eigenvalue weighted by atomic mass is 35.5. The van der Waals surface area contributed by atoms with Crippen LogP contribution in [0.2, 0.25) is 5.02 Å². The van der Waals surface area contributed by atoms with Crippen LogP contribution in [0.3, 0.4) is 0 Å². The van der Waals surface area contributed by atoms with Crippen molar-refractivity contribution in [2.45, 2.75) is 37.8 Å². The van der Waals surface area contributed by atoms with Crippen molar-refractivity contribution in [1.82, 2.24) is 5.32 Å². The molecule has 0 saturated heterocycles. The van der Waals surface area contributed by atoms with E-state index in [1.807, 2.05) is 30.3 Å². The topological polar surface area (TPSA) is 110 Å². The minimum absolute atomic E-state index is 0. The molecule has 6 nitrogen and oxygen atoms in total. The first kappa shape index (κ1) is 25.2. The first-order valence-corrected chi connectivity index (χ1v) is 9.52. The highest BCUT2D eigenvalue weighted by Crippen LogP contribution is 2.26. The minimum atomic E-state index is -0.987. The third-order valence-electron chi connectivity index (χ3n) is 4.84. The number of benzene rings is 2. The molecular formula is C21H27Cl2NO5. The highest BCUT2D eigenvalue weighted by Gasteiger charge is 2.19. The minimum Gasteiger partial charge on any atom is -0.482 e. The molecule has 0 unspecified atom stereocenters. The average Bonchev–Trinajstić information content (AvgIpc) is 2.85. The molecule has 2 atom stereocenters. The van der Waals surface area contributed by atoms with Crippen molar-refractivity contribution >= 4 is 30.0 Å². The van der Waals surface area contributed by atoms with E-state index in [1.165, 1.54) is 11.1 Å². The lowest BCUT2D eigenvalue weighted by Gasteiger charge is -2.20. The van der Waals surface area contributed by atoms with Gasteiger partial charge in [0, 0.05) is 17.6 Å². The van der Waals surface area contributed by atoms with Crippen LogP contribution in [0, 0.1) is 0 Å². The third kappa shape index (κ3) is 7.49. The van der Waals surface area contributed by atoms with Crippen molar-refractivity contribution in [1.29, 1.82) is 0 Å². The van der Waals surface area contributed by atoms with Crippen molar-refractivity contribution in [2.24, 2.45) is 0 Å². The number of halogens is 2. The number of carboxylic acid groups (broad SMARTS) is 1. The van der Waals surface area contributed by atoms with Crippen molar-refractivity contribution in [3.63, 3.8) is 0 Å². The number of aliphatic hydroxyl groups excluding tert-OH is 1. The number of carboxylic acids is 1. The molecule has 1 aliphatic rings. The van der Waals surface area contributed by atoms with Crippen molar-refractivity contribution in [3.8, 4) is 5.75 Å². The standard InChI is InChI=1S/C21H24ClNO4.ClH.H2O/c22-17-5-1-4-15(9-17)20(24)12-23-18-6-2-3-14-7-8-19(11-16(14)10-18)27-13-21(25)26;;/h1,4-5,7-9,11,18,20,23-24H,2-3,6,10,12-13H2,(H,25,26);1H;1H2/t18-,20-;;/m0../s1. The monoisotopic (exact) mass is 443 g/mol. The molecule has 29 heavy (non-hydrogen) atoms. The van der Waals surface area contributed by atoms with Crippen LogP contribution in [-0.4, -0.2) is 40.9 Å².